The van der Waals surface area contributed by atoms with Gasteiger partial charge in [0.1, 0.15) is 0 Å². The summed E-state index contributed by atoms with van der Waals surface area (Å²) in [5, 5.41) is 8.07. The van der Waals surface area contributed by atoms with Gasteiger partial charge in [0.2, 0.25) is 5.95 Å². The monoisotopic (exact) mass is 273 g/mol. The predicted molar refractivity (Wildman–Crippen MR) is 74.3 cm³/mol. The normalized spacial score (nSPS) is 10.8. The van der Waals surface area contributed by atoms with Crippen LogP contribution < -0.4 is 5.32 Å². The highest BCUT2D eigenvalue weighted by Crippen LogP contribution is 2.11. The second kappa shape index (κ2) is 4.85. The molecule has 0 fully saturated rings. The average Bonchev–Trinajstić information content (AvgIpc) is 2.78. The first-order valence-corrected chi connectivity index (χ1v) is 6.27. The van der Waals surface area contributed by atoms with Crippen LogP contribution in [0.25, 0.3) is 5.65 Å². The first-order chi connectivity index (χ1) is 9.20. The third-order valence-electron chi connectivity index (χ3n) is 2.67. The van der Waals surface area contributed by atoms with Crippen LogP contribution in [-0.2, 0) is 6.54 Å². The van der Waals surface area contributed by atoms with Gasteiger partial charge in [-0.3, -0.25) is 4.98 Å². The van der Waals surface area contributed by atoms with Crippen molar-refractivity contribution in [3.63, 3.8) is 0 Å². The molecule has 0 unspecified atom stereocenters. The van der Waals surface area contributed by atoms with Gasteiger partial charge in [-0.05, 0) is 31.2 Å². The molecule has 0 spiro atoms. The van der Waals surface area contributed by atoms with Gasteiger partial charge in [-0.2, -0.15) is 4.98 Å². The summed E-state index contributed by atoms with van der Waals surface area (Å²) in [4.78, 5) is 8.76. The van der Waals surface area contributed by atoms with Gasteiger partial charge in [-0.1, -0.05) is 17.7 Å². The van der Waals surface area contributed by atoms with Gasteiger partial charge >= 0.3 is 0 Å². The van der Waals surface area contributed by atoms with E-state index in [9.17, 15) is 0 Å². The molecule has 0 aliphatic heterocycles. The number of halogens is 1. The molecule has 0 bridgehead atoms. The van der Waals surface area contributed by atoms with E-state index in [4.69, 9.17) is 11.6 Å². The van der Waals surface area contributed by atoms with Crippen molar-refractivity contribution in [2.24, 2.45) is 0 Å². The Hall–Kier alpha value is -2.14. The largest absolute Gasteiger partial charge is 0.347 e. The van der Waals surface area contributed by atoms with Crippen molar-refractivity contribution >= 4 is 23.2 Å². The maximum absolute atomic E-state index is 5.90. The van der Waals surface area contributed by atoms with Crippen molar-refractivity contribution in [3.05, 3.63) is 52.9 Å². The molecule has 0 amide bonds. The van der Waals surface area contributed by atoms with Crippen LogP contribution in [0.4, 0.5) is 5.95 Å². The van der Waals surface area contributed by atoms with E-state index in [1.807, 2.05) is 31.2 Å². The summed E-state index contributed by atoms with van der Waals surface area (Å²) in [6, 6.07) is 9.53. The minimum Gasteiger partial charge on any atom is -0.347 e. The van der Waals surface area contributed by atoms with E-state index in [-0.39, 0.29) is 0 Å². The first kappa shape index (κ1) is 11.9. The molecule has 1 N–H and O–H groups in total. The van der Waals surface area contributed by atoms with Crippen molar-refractivity contribution in [2.45, 2.75) is 13.5 Å². The van der Waals surface area contributed by atoms with Gasteiger partial charge in [-0.25, -0.2) is 4.52 Å². The molecular formula is C13H12ClN5. The molecular weight excluding hydrogens is 262 g/mol. The van der Waals surface area contributed by atoms with E-state index < -0.39 is 0 Å². The fraction of sp³-hybridized carbons (Fsp3) is 0.154. The molecule has 3 heterocycles. The molecule has 0 atom stereocenters. The standard InChI is InChI=1S/C13H12ClN5/c1-9-3-2-4-11(16-9)7-15-13-17-12-6-5-10(14)8-19(12)18-13/h2-6,8H,7H2,1H3,(H,15,18). The molecule has 0 aromatic carbocycles. The Morgan fingerprint density at radius 1 is 1.21 bits per heavy atom. The van der Waals surface area contributed by atoms with Crippen molar-refractivity contribution in [1.82, 2.24) is 19.6 Å². The number of hydrogen-bond acceptors (Lipinski definition) is 4. The number of aryl methyl sites for hydroxylation is 1. The van der Waals surface area contributed by atoms with Crippen molar-refractivity contribution in [2.75, 3.05) is 5.32 Å². The van der Waals surface area contributed by atoms with Gasteiger partial charge in [0.25, 0.3) is 0 Å². The molecule has 19 heavy (non-hydrogen) atoms. The highest BCUT2D eigenvalue weighted by molar-refractivity contribution is 6.30. The van der Waals surface area contributed by atoms with E-state index in [2.05, 4.69) is 20.4 Å². The Morgan fingerprint density at radius 2 is 2.11 bits per heavy atom. The summed E-state index contributed by atoms with van der Waals surface area (Å²) in [6.45, 7) is 2.56. The van der Waals surface area contributed by atoms with E-state index in [1.165, 1.54) is 0 Å². The molecule has 0 saturated heterocycles. The number of nitrogens with one attached hydrogen (secondary N) is 1. The summed E-state index contributed by atoms with van der Waals surface area (Å²) in [6.07, 6.45) is 1.72. The Bertz CT molecular complexity index is 722. The summed E-state index contributed by atoms with van der Waals surface area (Å²) in [5.41, 5.74) is 2.70. The number of fused-ring (bicyclic) bond motifs is 1. The maximum atomic E-state index is 5.90. The van der Waals surface area contributed by atoms with E-state index in [0.717, 1.165) is 17.0 Å². The lowest BCUT2D eigenvalue weighted by atomic mass is 10.3. The molecule has 0 saturated carbocycles. The molecule has 6 heteroatoms. The summed E-state index contributed by atoms with van der Waals surface area (Å²) in [7, 11) is 0. The van der Waals surface area contributed by atoms with Crippen molar-refractivity contribution in [1.29, 1.82) is 0 Å². The Labute approximate surface area is 115 Å². The predicted octanol–water partition coefficient (Wildman–Crippen LogP) is 2.70. The molecule has 0 radical (unpaired) electrons. The van der Waals surface area contributed by atoms with E-state index in [0.29, 0.717) is 17.5 Å². The van der Waals surface area contributed by atoms with E-state index >= 15 is 0 Å². The number of pyridine rings is 2. The summed E-state index contributed by atoms with van der Waals surface area (Å²) in [5.74, 6) is 0.561. The van der Waals surface area contributed by atoms with Crippen molar-refractivity contribution < 1.29 is 0 Å². The van der Waals surface area contributed by atoms with Crippen LogP contribution in [0.15, 0.2) is 36.5 Å². The van der Waals surface area contributed by atoms with Gasteiger partial charge in [0.15, 0.2) is 5.65 Å². The van der Waals surface area contributed by atoms with Crippen LogP contribution in [0.5, 0.6) is 0 Å². The third-order valence-corrected chi connectivity index (χ3v) is 2.89. The molecule has 0 aliphatic carbocycles. The zero-order valence-corrected chi connectivity index (χ0v) is 11.1. The molecule has 3 rings (SSSR count). The maximum Gasteiger partial charge on any atom is 0.243 e. The Balaban J connectivity index is 1.78. The topological polar surface area (TPSA) is 55.1 Å². The Morgan fingerprint density at radius 3 is 2.95 bits per heavy atom. The molecule has 96 valence electrons. The third kappa shape index (κ3) is 2.66. The lowest BCUT2D eigenvalue weighted by Gasteiger charge is -2.01. The van der Waals surface area contributed by atoms with Crippen LogP contribution in [0.2, 0.25) is 5.02 Å². The molecule has 0 aliphatic rings. The second-order valence-corrected chi connectivity index (χ2v) is 4.65. The van der Waals surface area contributed by atoms with Gasteiger partial charge in [0.05, 0.1) is 17.3 Å². The summed E-state index contributed by atoms with van der Waals surface area (Å²) < 4.78 is 1.65. The van der Waals surface area contributed by atoms with Crippen LogP contribution in [0.1, 0.15) is 11.4 Å². The zero-order chi connectivity index (χ0) is 13.2. The van der Waals surface area contributed by atoms with Crippen LogP contribution in [0.3, 0.4) is 0 Å². The van der Waals surface area contributed by atoms with Crippen LogP contribution >= 0.6 is 11.6 Å². The Kier molecular flexibility index (Phi) is 3.05. The average molecular weight is 274 g/mol. The highest BCUT2D eigenvalue weighted by atomic mass is 35.5. The van der Waals surface area contributed by atoms with Crippen LogP contribution in [-0.4, -0.2) is 19.6 Å². The SMILES string of the molecule is Cc1cccc(CNc2nc3ccc(Cl)cn3n2)n1. The van der Waals surface area contributed by atoms with E-state index in [1.54, 1.807) is 16.8 Å². The lowest BCUT2D eigenvalue weighted by Crippen LogP contribution is -2.03. The minimum absolute atomic E-state index is 0.561. The smallest absolute Gasteiger partial charge is 0.243 e. The number of rotatable bonds is 3. The minimum atomic E-state index is 0.561. The highest BCUT2D eigenvalue weighted by Gasteiger charge is 2.03. The van der Waals surface area contributed by atoms with Gasteiger partial charge in [0, 0.05) is 11.9 Å². The molecule has 3 aromatic rings. The quantitative estimate of drug-likeness (QED) is 0.797. The zero-order valence-electron chi connectivity index (χ0n) is 10.3. The summed E-state index contributed by atoms with van der Waals surface area (Å²) >= 11 is 5.90. The van der Waals surface area contributed by atoms with Gasteiger partial charge < -0.3 is 5.32 Å². The van der Waals surface area contributed by atoms with Gasteiger partial charge in [-0.15, -0.1) is 5.10 Å². The molecule has 3 aromatic heterocycles. The van der Waals surface area contributed by atoms with Crippen molar-refractivity contribution in [3.8, 4) is 0 Å². The number of nitrogens with zero attached hydrogens (tertiary/aromatic N) is 4. The first-order valence-electron chi connectivity index (χ1n) is 5.89. The second-order valence-electron chi connectivity index (χ2n) is 4.21. The fourth-order valence-corrected chi connectivity index (χ4v) is 1.96. The number of anilines is 1. The number of hydrogen-bond donors (Lipinski definition) is 1. The lowest BCUT2D eigenvalue weighted by molar-refractivity contribution is 0.938. The van der Waals surface area contributed by atoms with Crippen LogP contribution in [0, 0.1) is 6.92 Å². The number of aromatic nitrogens is 4. The fourth-order valence-electron chi connectivity index (χ4n) is 1.80. The molecule has 5 nitrogen and oxygen atoms in total.